The maximum absolute atomic E-state index is 4.66. The highest BCUT2D eigenvalue weighted by molar-refractivity contribution is 9.10. The van der Waals surface area contributed by atoms with Gasteiger partial charge in [0.05, 0.1) is 15.9 Å². The molecule has 1 aliphatic carbocycles. The zero-order chi connectivity index (χ0) is 12.4. The van der Waals surface area contributed by atoms with Gasteiger partial charge in [-0.05, 0) is 48.7 Å². The van der Waals surface area contributed by atoms with Gasteiger partial charge < -0.3 is 0 Å². The van der Waals surface area contributed by atoms with Crippen LogP contribution < -0.4 is 0 Å². The number of aryl methyl sites for hydroxylation is 2. The second-order valence-corrected chi connectivity index (χ2v) is 5.46. The van der Waals surface area contributed by atoms with Crippen LogP contribution in [0.2, 0.25) is 0 Å². The predicted molar refractivity (Wildman–Crippen MR) is 74.1 cm³/mol. The van der Waals surface area contributed by atoms with Crippen molar-refractivity contribution in [2.24, 2.45) is 0 Å². The molecule has 1 saturated carbocycles. The third kappa shape index (κ3) is 2.74. The number of rotatable bonds is 6. The monoisotopic (exact) mass is 299 g/mol. The average Bonchev–Trinajstić information content (AvgIpc) is 3.13. The van der Waals surface area contributed by atoms with E-state index in [0.29, 0.717) is 0 Å². The van der Waals surface area contributed by atoms with E-state index in [1.165, 1.54) is 28.7 Å². The lowest BCUT2D eigenvalue weighted by Crippen LogP contribution is -2.26. The molecule has 4 heteroatoms. The van der Waals surface area contributed by atoms with Crippen LogP contribution in [-0.2, 0) is 19.5 Å². The Morgan fingerprint density at radius 1 is 1.35 bits per heavy atom. The third-order valence-corrected chi connectivity index (χ3v) is 4.43. The maximum Gasteiger partial charge on any atom is 0.0767 e. The van der Waals surface area contributed by atoms with Crippen molar-refractivity contribution in [2.45, 2.75) is 59.2 Å². The van der Waals surface area contributed by atoms with E-state index in [2.05, 4.69) is 51.4 Å². The number of halogens is 1. The molecule has 3 nitrogen and oxygen atoms in total. The standard InChI is InChI=1S/C13H22BrN3/c1-4-11-13(14)12(17(6-3)15-11)9-16(5-2)10-7-8-10/h10H,4-9H2,1-3H3. The summed E-state index contributed by atoms with van der Waals surface area (Å²) in [6.45, 7) is 9.69. The fourth-order valence-electron chi connectivity index (χ4n) is 2.30. The number of hydrogen-bond acceptors (Lipinski definition) is 2. The number of hydrogen-bond donors (Lipinski definition) is 0. The van der Waals surface area contributed by atoms with E-state index >= 15 is 0 Å². The molecule has 1 heterocycles. The van der Waals surface area contributed by atoms with E-state index in [-0.39, 0.29) is 0 Å². The van der Waals surface area contributed by atoms with Gasteiger partial charge >= 0.3 is 0 Å². The van der Waals surface area contributed by atoms with Gasteiger partial charge in [0.25, 0.3) is 0 Å². The third-order valence-electron chi connectivity index (χ3n) is 3.52. The Kier molecular flexibility index (Phi) is 4.26. The van der Waals surface area contributed by atoms with E-state index in [9.17, 15) is 0 Å². The molecule has 0 aromatic carbocycles. The molecule has 0 saturated heterocycles. The van der Waals surface area contributed by atoms with Gasteiger partial charge in [0, 0.05) is 19.1 Å². The minimum atomic E-state index is 0.817. The van der Waals surface area contributed by atoms with Crippen molar-refractivity contribution in [3.63, 3.8) is 0 Å². The van der Waals surface area contributed by atoms with Crippen molar-refractivity contribution in [1.29, 1.82) is 0 Å². The van der Waals surface area contributed by atoms with Gasteiger partial charge in [-0.3, -0.25) is 9.58 Å². The molecule has 0 radical (unpaired) electrons. The highest BCUT2D eigenvalue weighted by atomic mass is 79.9. The summed E-state index contributed by atoms with van der Waals surface area (Å²) in [5.41, 5.74) is 2.53. The molecule has 0 amide bonds. The Hall–Kier alpha value is -0.350. The SMILES string of the molecule is CCc1nn(CC)c(CN(CC)C2CC2)c1Br. The van der Waals surface area contributed by atoms with Crippen molar-refractivity contribution in [2.75, 3.05) is 6.54 Å². The molecular formula is C13H22BrN3. The molecule has 0 aliphatic heterocycles. The topological polar surface area (TPSA) is 21.1 Å². The van der Waals surface area contributed by atoms with Gasteiger partial charge in [0.15, 0.2) is 0 Å². The molecule has 2 rings (SSSR count). The summed E-state index contributed by atoms with van der Waals surface area (Å²) in [6, 6.07) is 0.817. The smallest absolute Gasteiger partial charge is 0.0767 e. The highest BCUT2D eigenvalue weighted by Gasteiger charge is 2.29. The quantitative estimate of drug-likeness (QED) is 0.804. The van der Waals surface area contributed by atoms with Crippen molar-refractivity contribution < 1.29 is 0 Å². The van der Waals surface area contributed by atoms with Crippen LogP contribution in [0, 0.1) is 0 Å². The van der Waals surface area contributed by atoms with E-state index < -0.39 is 0 Å². The lowest BCUT2D eigenvalue weighted by atomic mass is 10.3. The van der Waals surface area contributed by atoms with Gasteiger partial charge in [-0.25, -0.2) is 0 Å². The van der Waals surface area contributed by atoms with Crippen molar-refractivity contribution in [3.05, 3.63) is 15.9 Å². The molecule has 0 unspecified atom stereocenters. The molecule has 0 bridgehead atoms. The Bertz CT molecular complexity index is 382. The molecule has 1 fully saturated rings. The summed E-state index contributed by atoms with van der Waals surface area (Å²) in [4.78, 5) is 2.56. The first kappa shape index (κ1) is 13.1. The van der Waals surface area contributed by atoms with Crippen molar-refractivity contribution in [3.8, 4) is 0 Å². The second kappa shape index (κ2) is 5.53. The van der Waals surface area contributed by atoms with Gasteiger partial charge in [-0.15, -0.1) is 0 Å². The fraction of sp³-hybridized carbons (Fsp3) is 0.769. The molecule has 96 valence electrons. The predicted octanol–water partition coefficient (Wildman–Crippen LogP) is 3.21. The fourth-order valence-corrected chi connectivity index (χ4v) is 2.99. The largest absolute Gasteiger partial charge is 0.295 e. The van der Waals surface area contributed by atoms with Crippen LogP contribution in [0.5, 0.6) is 0 Å². The molecule has 1 aromatic heterocycles. The number of nitrogens with zero attached hydrogens (tertiary/aromatic N) is 3. The summed E-state index contributed by atoms with van der Waals surface area (Å²) >= 11 is 3.72. The molecule has 0 spiro atoms. The van der Waals surface area contributed by atoms with Crippen LogP contribution in [0.3, 0.4) is 0 Å². The van der Waals surface area contributed by atoms with E-state index in [4.69, 9.17) is 0 Å². The Morgan fingerprint density at radius 2 is 2.06 bits per heavy atom. The summed E-state index contributed by atoms with van der Waals surface area (Å²) in [5.74, 6) is 0. The van der Waals surface area contributed by atoms with Gasteiger partial charge in [-0.1, -0.05) is 13.8 Å². The summed E-state index contributed by atoms with van der Waals surface area (Å²) in [7, 11) is 0. The Labute approximate surface area is 112 Å². The molecule has 1 aromatic rings. The molecule has 0 N–H and O–H groups in total. The summed E-state index contributed by atoms with van der Waals surface area (Å²) in [6.07, 6.45) is 3.73. The second-order valence-electron chi connectivity index (χ2n) is 4.67. The van der Waals surface area contributed by atoms with Crippen LogP contribution in [0.15, 0.2) is 4.47 Å². The molecule has 1 aliphatic rings. The lowest BCUT2D eigenvalue weighted by molar-refractivity contribution is 0.260. The summed E-state index contributed by atoms with van der Waals surface area (Å²) < 4.78 is 3.37. The first-order valence-electron chi connectivity index (χ1n) is 6.69. The molecule has 17 heavy (non-hydrogen) atoms. The van der Waals surface area contributed by atoms with Gasteiger partial charge in [0.1, 0.15) is 0 Å². The molecule has 0 atom stereocenters. The first-order chi connectivity index (χ1) is 8.21. The van der Waals surface area contributed by atoms with Crippen LogP contribution in [-0.4, -0.2) is 27.3 Å². The Morgan fingerprint density at radius 3 is 2.53 bits per heavy atom. The number of aromatic nitrogens is 2. The Balaban J connectivity index is 2.20. The lowest BCUT2D eigenvalue weighted by Gasteiger charge is -2.20. The minimum absolute atomic E-state index is 0.817. The van der Waals surface area contributed by atoms with Crippen LogP contribution >= 0.6 is 15.9 Å². The zero-order valence-electron chi connectivity index (χ0n) is 11.0. The molecular weight excluding hydrogens is 278 g/mol. The maximum atomic E-state index is 4.66. The minimum Gasteiger partial charge on any atom is -0.295 e. The highest BCUT2D eigenvalue weighted by Crippen LogP contribution is 2.30. The van der Waals surface area contributed by atoms with Crippen molar-refractivity contribution in [1.82, 2.24) is 14.7 Å². The van der Waals surface area contributed by atoms with E-state index in [1.807, 2.05) is 0 Å². The van der Waals surface area contributed by atoms with Crippen LogP contribution in [0.1, 0.15) is 45.0 Å². The average molecular weight is 300 g/mol. The first-order valence-corrected chi connectivity index (χ1v) is 7.48. The van der Waals surface area contributed by atoms with E-state index in [1.54, 1.807) is 0 Å². The van der Waals surface area contributed by atoms with Crippen molar-refractivity contribution >= 4 is 15.9 Å². The summed E-state index contributed by atoms with van der Waals surface area (Å²) in [5, 5.41) is 4.66. The van der Waals surface area contributed by atoms with E-state index in [0.717, 1.165) is 32.1 Å². The van der Waals surface area contributed by atoms with Gasteiger partial charge in [-0.2, -0.15) is 5.10 Å². The van der Waals surface area contributed by atoms with Crippen LogP contribution in [0.25, 0.3) is 0 Å². The van der Waals surface area contributed by atoms with Crippen LogP contribution in [0.4, 0.5) is 0 Å². The zero-order valence-corrected chi connectivity index (χ0v) is 12.6. The van der Waals surface area contributed by atoms with Gasteiger partial charge in [0.2, 0.25) is 0 Å². The normalized spacial score (nSPS) is 15.8.